The number of aliphatic hydroxyl groups excluding tert-OH is 1. The molecule has 1 unspecified atom stereocenters. The van der Waals surface area contributed by atoms with Gasteiger partial charge in [-0.2, -0.15) is 0 Å². The third-order valence-corrected chi connectivity index (χ3v) is 3.88. The monoisotopic (exact) mass is 263 g/mol. The summed E-state index contributed by atoms with van der Waals surface area (Å²) in [7, 11) is 1.66. The minimum absolute atomic E-state index is 0.129. The second-order valence-corrected chi connectivity index (χ2v) is 4.92. The molecule has 0 radical (unpaired) electrons. The summed E-state index contributed by atoms with van der Waals surface area (Å²) in [6, 6.07) is 7.85. The summed E-state index contributed by atoms with van der Waals surface area (Å²) in [5.41, 5.74) is 1.97. The van der Waals surface area contributed by atoms with E-state index in [1.807, 2.05) is 29.6 Å². The molecule has 1 N–H and O–H groups in total. The number of hydrogen-bond acceptors (Lipinski definition) is 4. The van der Waals surface area contributed by atoms with Gasteiger partial charge < -0.3 is 9.84 Å². The largest absolute Gasteiger partial charge is 0.496 e. The van der Waals surface area contributed by atoms with Crippen LogP contribution < -0.4 is 4.74 Å². The number of para-hydroxylation sites is 1. The van der Waals surface area contributed by atoms with Gasteiger partial charge in [0, 0.05) is 11.3 Å². The van der Waals surface area contributed by atoms with Crippen LogP contribution in [0.1, 0.15) is 25.0 Å². The van der Waals surface area contributed by atoms with Crippen molar-refractivity contribution < 1.29 is 9.84 Å². The molecule has 0 spiro atoms. The molecule has 0 saturated heterocycles. The fourth-order valence-corrected chi connectivity index (χ4v) is 2.78. The molecule has 0 aliphatic rings. The minimum atomic E-state index is 0.129. The number of methoxy groups -OCH3 is 1. The average Bonchev–Trinajstić information content (AvgIpc) is 2.89. The molecule has 4 heteroatoms. The lowest BCUT2D eigenvalue weighted by Gasteiger charge is -2.07. The van der Waals surface area contributed by atoms with Gasteiger partial charge in [0.25, 0.3) is 0 Å². The van der Waals surface area contributed by atoms with Crippen LogP contribution in [0.4, 0.5) is 0 Å². The van der Waals surface area contributed by atoms with Gasteiger partial charge in [-0.05, 0) is 18.6 Å². The van der Waals surface area contributed by atoms with Crippen LogP contribution in [0.15, 0.2) is 29.6 Å². The maximum absolute atomic E-state index is 9.30. The molecule has 3 nitrogen and oxygen atoms in total. The lowest BCUT2D eigenvalue weighted by Crippen LogP contribution is -2.02. The van der Waals surface area contributed by atoms with Crippen LogP contribution in [0.5, 0.6) is 5.75 Å². The number of aromatic nitrogens is 1. The van der Waals surface area contributed by atoms with Crippen LogP contribution in [-0.2, 0) is 0 Å². The Hall–Kier alpha value is -1.39. The zero-order valence-electron chi connectivity index (χ0n) is 10.6. The van der Waals surface area contributed by atoms with E-state index in [9.17, 15) is 5.11 Å². The van der Waals surface area contributed by atoms with E-state index in [1.165, 1.54) is 0 Å². The Morgan fingerprint density at radius 3 is 2.83 bits per heavy atom. The van der Waals surface area contributed by atoms with Crippen molar-refractivity contribution in [2.24, 2.45) is 0 Å². The second-order valence-electron chi connectivity index (χ2n) is 4.07. The number of aliphatic hydroxyl groups is 1. The molecular formula is C14H17NO2S. The van der Waals surface area contributed by atoms with E-state index >= 15 is 0 Å². The topological polar surface area (TPSA) is 42.4 Å². The summed E-state index contributed by atoms with van der Waals surface area (Å²) in [5, 5.41) is 12.3. The van der Waals surface area contributed by atoms with Gasteiger partial charge in [-0.25, -0.2) is 4.98 Å². The number of hydrogen-bond donors (Lipinski definition) is 1. The quantitative estimate of drug-likeness (QED) is 0.900. The molecule has 0 fully saturated rings. The second kappa shape index (κ2) is 5.98. The maximum Gasteiger partial charge on any atom is 0.129 e. The third kappa shape index (κ3) is 2.54. The number of rotatable bonds is 5. The number of nitrogens with zero attached hydrogens (tertiary/aromatic N) is 1. The Kier molecular flexibility index (Phi) is 4.33. The molecule has 1 atom stereocenters. The molecule has 0 bridgehead atoms. The van der Waals surface area contributed by atoms with Crippen LogP contribution in [0.25, 0.3) is 10.6 Å². The van der Waals surface area contributed by atoms with Gasteiger partial charge in [0.1, 0.15) is 10.8 Å². The van der Waals surface area contributed by atoms with E-state index < -0.39 is 0 Å². The van der Waals surface area contributed by atoms with Crippen LogP contribution in [0.2, 0.25) is 0 Å². The van der Waals surface area contributed by atoms with E-state index in [4.69, 9.17) is 4.74 Å². The molecule has 0 aliphatic heterocycles. The van der Waals surface area contributed by atoms with Gasteiger partial charge in [0.2, 0.25) is 0 Å². The number of ether oxygens (including phenoxy) is 1. The van der Waals surface area contributed by atoms with Crippen molar-refractivity contribution >= 4 is 11.3 Å². The summed E-state index contributed by atoms with van der Waals surface area (Å²) < 4.78 is 5.34. The summed E-state index contributed by atoms with van der Waals surface area (Å²) in [4.78, 5) is 4.61. The van der Waals surface area contributed by atoms with Gasteiger partial charge >= 0.3 is 0 Å². The highest BCUT2D eigenvalue weighted by Crippen LogP contribution is 2.33. The average molecular weight is 263 g/mol. The molecule has 0 aliphatic carbocycles. The third-order valence-electron chi connectivity index (χ3n) is 2.99. The van der Waals surface area contributed by atoms with Crippen molar-refractivity contribution in [1.29, 1.82) is 0 Å². The lowest BCUT2D eigenvalue weighted by molar-refractivity contribution is 0.260. The summed E-state index contributed by atoms with van der Waals surface area (Å²) >= 11 is 1.59. The fourth-order valence-electron chi connectivity index (χ4n) is 1.85. The Bertz CT molecular complexity index is 506. The van der Waals surface area contributed by atoms with E-state index in [1.54, 1.807) is 18.4 Å². The highest BCUT2D eigenvalue weighted by atomic mass is 32.1. The Morgan fingerprint density at radius 2 is 2.17 bits per heavy atom. The number of thiazole rings is 1. The molecule has 0 amide bonds. The lowest BCUT2D eigenvalue weighted by atomic mass is 10.1. The summed E-state index contributed by atoms with van der Waals surface area (Å²) in [6.07, 6.45) is 0.894. The van der Waals surface area contributed by atoms with Gasteiger partial charge in [-0.15, -0.1) is 11.3 Å². The maximum atomic E-state index is 9.30. The predicted octanol–water partition coefficient (Wildman–Crippen LogP) is 3.30. The first kappa shape index (κ1) is 13.1. The molecule has 2 rings (SSSR count). The van der Waals surface area contributed by atoms with Crippen molar-refractivity contribution in [3.8, 4) is 16.3 Å². The molecule has 1 heterocycles. The van der Waals surface area contributed by atoms with Crippen molar-refractivity contribution in [3.05, 3.63) is 35.3 Å². The molecule has 18 heavy (non-hydrogen) atoms. The van der Waals surface area contributed by atoms with Crippen molar-refractivity contribution in [1.82, 2.24) is 4.98 Å². The molecule has 1 aromatic carbocycles. The first-order chi connectivity index (χ1) is 8.80. The highest BCUT2D eigenvalue weighted by molar-refractivity contribution is 7.13. The van der Waals surface area contributed by atoms with E-state index in [-0.39, 0.29) is 12.5 Å². The molecule has 96 valence electrons. The van der Waals surface area contributed by atoms with E-state index in [0.717, 1.165) is 28.4 Å². The highest BCUT2D eigenvalue weighted by Gasteiger charge is 2.14. The molecule has 2 aromatic rings. The molecule has 1 aromatic heterocycles. The van der Waals surface area contributed by atoms with Crippen molar-refractivity contribution in [2.45, 2.75) is 19.3 Å². The Balaban J connectivity index is 2.34. The van der Waals surface area contributed by atoms with Crippen molar-refractivity contribution in [3.63, 3.8) is 0 Å². The van der Waals surface area contributed by atoms with Gasteiger partial charge in [0.15, 0.2) is 0 Å². The number of benzene rings is 1. The SMILES string of the molecule is CCC(CO)c1csc(-c2ccccc2OC)n1. The van der Waals surface area contributed by atoms with Gasteiger partial charge in [-0.3, -0.25) is 0 Å². The predicted molar refractivity (Wildman–Crippen MR) is 74.2 cm³/mol. The first-order valence-electron chi connectivity index (χ1n) is 5.99. The smallest absolute Gasteiger partial charge is 0.129 e. The van der Waals surface area contributed by atoms with Gasteiger partial charge in [0.05, 0.1) is 25.0 Å². The minimum Gasteiger partial charge on any atom is -0.496 e. The Labute approximate surface area is 111 Å². The Morgan fingerprint density at radius 1 is 1.39 bits per heavy atom. The normalized spacial score (nSPS) is 12.4. The zero-order valence-corrected chi connectivity index (χ0v) is 11.4. The summed E-state index contributed by atoms with van der Waals surface area (Å²) in [5.74, 6) is 0.958. The van der Waals surface area contributed by atoms with Crippen LogP contribution >= 0.6 is 11.3 Å². The van der Waals surface area contributed by atoms with E-state index in [0.29, 0.717) is 0 Å². The van der Waals surface area contributed by atoms with Crippen LogP contribution in [0, 0.1) is 0 Å². The van der Waals surface area contributed by atoms with E-state index in [2.05, 4.69) is 11.9 Å². The van der Waals surface area contributed by atoms with Crippen molar-refractivity contribution in [2.75, 3.05) is 13.7 Å². The van der Waals surface area contributed by atoms with Crippen LogP contribution in [-0.4, -0.2) is 23.8 Å². The zero-order chi connectivity index (χ0) is 13.0. The fraction of sp³-hybridized carbons (Fsp3) is 0.357. The standard InChI is InChI=1S/C14H17NO2S/c1-3-10(8-16)12-9-18-14(15-12)11-6-4-5-7-13(11)17-2/h4-7,9-10,16H,3,8H2,1-2H3. The van der Waals surface area contributed by atoms with Gasteiger partial charge in [-0.1, -0.05) is 19.1 Å². The summed E-state index contributed by atoms with van der Waals surface area (Å²) in [6.45, 7) is 2.20. The van der Waals surface area contributed by atoms with Crippen LogP contribution in [0.3, 0.4) is 0 Å². The molecule has 0 saturated carbocycles. The first-order valence-corrected chi connectivity index (χ1v) is 6.87. The molecular weight excluding hydrogens is 246 g/mol.